The molecule has 0 aromatic heterocycles. The van der Waals surface area contributed by atoms with E-state index < -0.39 is 5.97 Å². The van der Waals surface area contributed by atoms with Crippen LogP contribution in [0.1, 0.15) is 24.2 Å². The molecule has 1 aliphatic rings. The van der Waals surface area contributed by atoms with Gasteiger partial charge in [-0.3, -0.25) is 0 Å². The van der Waals surface area contributed by atoms with E-state index in [0.717, 1.165) is 17.9 Å². The zero-order valence-electron chi connectivity index (χ0n) is 10.4. The van der Waals surface area contributed by atoms with Gasteiger partial charge in [0.15, 0.2) is 0 Å². The molecule has 0 saturated carbocycles. The number of likely N-dealkylation sites (N-methyl/N-ethyl adjacent to an activating group) is 1. The molecule has 0 fully saturated rings. The molecule has 0 radical (unpaired) electrons. The Morgan fingerprint density at radius 1 is 1.53 bits per heavy atom. The smallest absolute Gasteiger partial charge is 0.335 e. The summed E-state index contributed by atoms with van der Waals surface area (Å²) in [7, 11) is 2.00. The molecule has 2 N–H and O–H groups in total. The minimum atomic E-state index is -0.882. The third-order valence-electron chi connectivity index (χ3n) is 3.27. The number of rotatable bonds is 2. The van der Waals surface area contributed by atoms with Crippen LogP contribution in [-0.4, -0.2) is 30.7 Å². The molecular formula is C13H18N2O2. The van der Waals surface area contributed by atoms with Crippen molar-refractivity contribution in [3.8, 4) is 0 Å². The molecule has 0 aliphatic carbocycles. The quantitative estimate of drug-likeness (QED) is 0.824. The molecule has 0 saturated heterocycles. The van der Waals surface area contributed by atoms with Crippen LogP contribution in [0.4, 0.5) is 11.4 Å². The largest absolute Gasteiger partial charge is 0.478 e. The number of hydrogen-bond acceptors (Lipinski definition) is 3. The Morgan fingerprint density at radius 3 is 2.82 bits per heavy atom. The van der Waals surface area contributed by atoms with Crippen LogP contribution in [-0.2, 0) is 0 Å². The molecular weight excluding hydrogens is 216 g/mol. The van der Waals surface area contributed by atoms with Gasteiger partial charge in [-0.05, 0) is 24.1 Å². The lowest BCUT2D eigenvalue weighted by molar-refractivity contribution is 0.0697. The Morgan fingerprint density at radius 2 is 2.24 bits per heavy atom. The third kappa shape index (κ3) is 2.20. The van der Waals surface area contributed by atoms with Crippen LogP contribution >= 0.6 is 0 Å². The molecule has 2 rings (SSSR count). The van der Waals surface area contributed by atoms with Crippen molar-refractivity contribution in [3.05, 3.63) is 23.8 Å². The van der Waals surface area contributed by atoms with E-state index in [1.165, 1.54) is 0 Å². The van der Waals surface area contributed by atoms with Crippen molar-refractivity contribution >= 4 is 17.3 Å². The minimum Gasteiger partial charge on any atom is -0.478 e. The number of benzene rings is 1. The molecule has 92 valence electrons. The molecule has 1 heterocycles. The maximum atomic E-state index is 10.9. The molecule has 1 aliphatic heterocycles. The predicted octanol–water partition coefficient (Wildman–Crippen LogP) is 2.27. The fourth-order valence-corrected chi connectivity index (χ4v) is 2.12. The fourth-order valence-electron chi connectivity index (χ4n) is 2.12. The van der Waals surface area contributed by atoms with Crippen LogP contribution in [0, 0.1) is 5.92 Å². The zero-order valence-corrected chi connectivity index (χ0v) is 10.4. The SMILES string of the molecule is CC(C)C1CN(C)c2cc(C(=O)O)ccc2N1. The van der Waals surface area contributed by atoms with E-state index in [4.69, 9.17) is 5.11 Å². The molecule has 1 unspecified atom stereocenters. The molecule has 4 heteroatoms. The highest BCUT2D eigenvalue weighted by atomic mass is 16.4. The van der Waals surface area contributed by atoms with Gasteiger partial charge in [0.2, 0.25) is 0 Å². The van der Waals surface area contributed by atoms with Crippen molar-refractivity contribution in [1.82, 2.24) is 0 Å². The van der Waals surface area contributed by atoms with Crippen LogP contribution in [0.3, 0.4) is 0 Å². The highest BCUT2D eigenvalue weighted by Crippen LogP contribution is 2.32. The van der Waals surface area contributed by atoms with Crippen molar-refractivity contribution in [3.63, 3.8) is 0 Å². The van der Waals surface area contributed by atoms with E-state index in [9.17, 15) is 4.79 Å². The van der Waals surface area contributed by atoms with E-state index in [-0.39, 0.29) is 0 Å². The predicted molar refractivity (Wildman–Crippen MR) is 68.9 cm³/mol. The molecule has 1 aromatic carbocycles. The Balaban J connectivity index is 2.35. The lowest BCUT2D eigenvalue weighted by Gasteiger charge is -2.37. The van der Waals surface area contributed by atoms with E-state index in [1.807, 2.05) is 13.1 Å². The summed E-state index contributed by atoms with van der Waals surface area (Å²) in [5.41, 5.74) is 2.31. The van der Waals surface area contributed by atoms with Crippen molar-refractivity contribution in [2.24, 2.45) is 5.92 Å². The summed E-state index contributed by atoms with van der Waals surface area (Å²) in [4.78, 5) is 13.0. The molecule has 4 nitrogen and oxygen atoms in total. The standard InChI is InChI=1S/C13H18N2O2/c1-8(2)11-7-15(3)12-6-9(13(16)17)4-5-10(12)14-11/h4-6,8,11,14H,7H2,1-3H3,(H,16,17). The Labute approximate surface area is 101 Å². The van der Waals surface area contributed by atoms with Gasteiger partial charge >= 0.3 is 5.97 Å². The number of fused-ring (bicyclic) bond motifs is 1. The summed E-state index contributed by atoms with van der Waals surface area (Å²) in [5.74, 6) is -0.336. The van der Waals surface area contributed by atoms with Crippen LogP contribution in [0.15, 0.2) is 18.2 Å². The summed E-state index contributed by atoms with van der Waals surface area (Å²) in [6, 6.07) is 5.62. The molecule has 0 spiro atoms. The zero-order chi connectivity index (χ0) is 12.6. The van der Waals surface area contributed by atoms with Gasteiger partial charge in [-0.15, -0.1) is 0 Å². The van der Waals surface area contributed by atoms with Crippen molar-refractivity contribution in [2.75, 3.05) is 23.8 Å². The third-order valence-corrected chi connectivity index (χ3v) is 3.27. The first-order valence-corrected chi connectivity index (χ1v) is 5.84. The second-order valence-corrected chi connectivity index (χ2v) is 4.91. The van der Waals surface area contributed by atoms with E-state index in [0.29, 0.717) is 17.5 Å². The van der Waals surface area contributed by atoms with Gasteiger partial charge in [-0.25, -0.2) is 4.79 Å². The first-order chi connectivity index (χ1) is 7.99. The topological polar surface area (TPSA) is 52.6 Å². The highest BCUT2D eigenvalue weighted by molar-refractivity contribution is 5.91. The van der Waals surface area contributed by atoms with Gasteiger partial charge in [-0.1, -0.05) is 13.8 Å². The molecule has 0 bridgehead atoms. The number of nitrogens with zero attached hydrogens (tertiary/aromatic N) is 1. The Hall–Kier alpha value is -1.71. The van der Waals surface area contributed by atoms with Crippen LogP contribution in [0.25, 0.3) is 0 Å². The maximum absolute atomic E-state index is 10.9. The number of carbonyl (C=O) groups is 1. The van der Waals surface area contributed by atoms with Gasteiger partial charge in [0.25, 0.3) is 0 Å². The van der Waals surface area contributed by atoms with Gasteiger partial charge in [-0.2, -0.15) is 0 Å². The number of hydrogen-bond donors (Lipinski definition) is 2. The van der Waals surface area contributed by atoms with Crippen LogP contribution in [0.2, 0.25) is 0 Å². The Kier molecular flexibility index (Phi) is 2.96. The van der Waals surface area contributed by atoms with E-state index in [2.05, 4.69) is 24.1 Å². The summed E-state index contributed by atoms with van der Waals surface area (Å²) >= 11 is 0. The maximum Gasteiger partial charge on any atom is 0.335 e. The Bertz CT molecular complexity index is 443. The van der Waals surface area contributed by atoms with Crippen molar-refractivity contribution in [2.45, 2.75) is 19.9 Å². The van der Waals surface area contributed by atoms with Gasteiger partial charge in [0.05, 0.1) is 16.9 Å². The first-order valence-electron chi connectivity index (χ1n) is 5.84. The number of carboxylic acid groups (broad SMARTS) is 1. The summed E-state index contributed by atoms with van der Waals surface area (Å²) < 4.78 is 0. The molecule has 17 heavy (non-hydrogen) atoms. The van der Waals surface area contributed by atoms with Crippen LogP contribution in [0.5, 0.6) is 0 Å². The average molecular weight is 234 g/mol. The lowest BCUT2D eigenvalue weighted by atomic mass is 9.99. The number of nitrogens with one attached hydrogen (secondary N) is 1. The minimum absolute atomic E-state index is 0.334. The van der Waals surface area contributed by atoms with E-state index >= 15 is 0 Å². The van der Waals surface area contributed by atoms with Gasteiger partial charge in [0, 0.05) is 19.6 Å². The lowest BCUT2D eigenvalue weighted by Crippen LogP contribution is -2.42. The van der Waals surface area contributed by atoms with Crippen molar-refractivity contribution < 1.29 is 9.90 Å². The highest BCUT2D eigenvalue weighted by Gasteiger charge is 2.24. The monoisotopic (exact) mass is 234 g/mol. The van der Waals surface area contributed by atoms with Crippen molar-refractivity contribution in [1.29, 1.82) is 0 Å². The normalized spacial score (nSPS) is 18.8. The molecule has 1 atom stereocenters. The van der Waals surface area contributed by atoms with Gasteiger partial charge in [0.1, 0.15) is 0 Å². The number of carboxylic acids is 1. The van der Waals surface area contributed by atoms with E-state index in [1.54, 1.807) is 12.1 Å². The first kappa shape index (κ1) is 11.8. The van der Waals surface area contributed by atoms with Crippen LogP contribution < -0.4 is 10.2 Å². The number of aromatic carboxylic acids is 1. The molecule has 0 amide bonds. The second kappa shape index (κ2) is 4.28. The fraction of sp³-hybridized carbons (Fsp3) is 0.462. The summed E-state index contributed by atoms with van der Waals surface area (Å²) in [5, 5.41) is 12.4. The second-order valence-electron chi connectivity index (χ2n) is 4.91. The average Bonchev–Trinajstić information content (AvgIpc) is 2.28. The molecule has 1 aromatic rings. The summed E-state index contributed by atoms with van der Waals surface area (Å²) in [6.07, 6.45) is 0. The van der Waals surface area contributed by atoms with Gasteiger partial charge < -0.3 is 15.3 Å². The number of anilines is 2. The summed E-state index contributed by atoms with van der Waals surface area (Å²) in [6.45, 7) is 5.26.